The largest absolute Gasteiger partial charge is 0.348 e. The summed E-state index contributed by atoms with van der Waals surface area (Å²) in [7, 11) is 0. The van der Waals surface area contributed by atoms with Crippen LogP contribution in [-0.2, 0) is 9.47 Å². The van der Waals surface area contributed by atoms with Gasteiger partial charge in [0.25, 0.3) is 5.91 Å². The van der Waals surface area contributed by atoms with Gasteiger partial charge in [0.15, 0.2) is 5.79 Å². The van der Waals surface area contributed by atoms with Crippen molar-refractivity contribution in [3.8, 4) is 0 Å². The Bertz CT molecular complexity index is 566. The zero-order valence-electron chi connectivity index (χ0n) is 14.0. The molecular formula is C17H26N4O3. The third-order valence-corrected chi connectivity index (χ3v) is 5.38. The SMILES string of the molecule is O=C(NC1CCC2(CC1)OCCO2)c1ccn(C2CCCNC2)n1. The molecule has 1 aromatic heterocycles. The van der Waals surface area contributed by atoms with Crippen LogP contribution in [0.2, 0.25) is 0 Å². The minimum absolute atomic E-state index is 0.0771. The van der Waals surface area contributed by atoms with E-state index in [1.807, 2.05) is 16.9 Å². The number of rotatable bonds is 3. The number of hydrogen-bond donors (Lipinski definition) is 2. The molecule has 2 aliphatic heterocycles. The molecule has 24 heavy (non-hydrogen) atoms. The summed E-state index contributed by atoms with van der Waals surface area (Å²) in [5.41, 5.74) is 0.509. The monoisotopic (exact) mass is 334 g/mol. The molecule has 1 saturated carbocycles. The summed E-state index contributed by atoms with van der Waals surface area (Å²) in [4.78, 5) is 12.5. The number of carbonyl (C=O) groups excluding carboxylic acids is 1. The Morgan fingerprint density at radius 1 is 1.29 bits per heavy atom. The van der Waals surface area contributed by atoms with Gasteiger partial charge < -0.3 is 20.1 Å². The Hall–Kier alpha value is -1.44. The molecule has 3 aliphatic rings. The molecule has 1 spiro atoms. The van der Waals surface area contributed by atoms with Crippen LogP contribution in [0.15, 0.2) is 12.3 Å². The fourth-order valence-corrected chi connectivity index (χ4v) is 3.97. The van der Waals surface area contributed by atoms with E-state index in [1.54, 1.807) is 0 Å². The minimum Gasteiger partial charge on any atom is -0.348 e. The van der Waals surface area contributed by atoms with Crippen LogP contribution in [-0.4, -0.2) is 53.8 Å². The van der Waals surface area contributed by atoms with Gasteiger partial charge in [0, 0.05) is 31.6 Å². The van der Waals surface area contributed by atoms with Gasteiger partial charge in [-0.05, 0) is 38.3 Å². The Labute approximate surface area is 142 Å². The van der Waals surface area contributed by atoms with Gasteiger partial charge in [-0.2, -0.15) is 5.10 Å². The second-order valence-electron chi connectivity index (χ2n) is 7.04. The van der Waals surface area contributed by atoms with Crippen LogP contribution in [0.1, 0.15) is 55.1 Å². The van der Waals surface area contributed by atoms with Gasteiger partial charge in [-0.1, -0.05) is 0 Å². The Kier molecular flexibility index (Phi) is 4.56. The number of ether oxygens (including phenoxy) is 2. The van der Waals surface area contributed by atoms with Crippen molar-refractivity contribution in [2.75, 3.05) is 26.3 Å². The van der Waals surface area contributed by atoms with E-state index in [0.29, 0.717) is 24.9 Å². The van der Waals surface area contributed by atoms with Crippen molar-refractivity contribution < 1.29 is 14.3 Å². The first kappa shape index (κ1) is 16.1. The minimum atomic E-state index is -0.378. The van der Waals surface area contributed by atoms with Crippen molar-refractivity contribution in [1.29, 1.82) is 0 Å². The molecule has 0 radical (unpaired) electrons. The Morgan fingerprint density at radius 2 is 2.08 bits per heavy atom. The quantitative estimate of drug-likeness (QED) is 0.869. The predicted octanol–water partition coefficient (Wildman–Crippen LogP) is 1.22. The van der Waals surface area contributed by atoms with Gasteiger partial charge in [-0.3, -0.25) is 9.48 Å². The zero-order valence-corrected chi connectivity index (χ0v) is 14.0. The first-order chi connectivity index (χ1) is 11.7. The molecule has 7 nitrogen and oxygen atoms in total. The summed E-state index contributed by atoms with van der Waals surface area (Å²) in [5, 5.41) is 11.0. The van der Waals surface area contributed by atoms with E-state index in [9.17, 15) is 4.79 Å². The van der Waals surface area contributed by atoms with Crippen LogP contribution >= 0.6 is 0 Å². The van der Waals surface area contributed by atoms with E-state index in [-0.39, 0.29) is 17.7 Å². The molecule has 0 aromatic carbocycles. The van der Waals surface area contributed by atoms with Gasteiger partial charge in [0.05, 0.1) is 19.3 Å². The van der Waals surface area contributed by atoms with Crippen molar-refractivity contribution >= 4 is 5.91 Å². The van der Waals surface area contributed by atoms with Crippen LogP contribution in [0.4, 0.5) is 0 Å². The van der Waals surface area contributed by atoms with E-state index in [0.717, 1.165) is 51.6 Å². The summed E-state index contributed by atoms with van der Waals surface area (Å²) in [6, 6.07) is 2.35. The number of amides is 1. The average Bonchev–Trinajstić information content (AvgIpc) is 3.28. The number of nitrogens with one attached hydrogen (secondary N) is 2. The van der Waals surface area contributed by atoms with Crippen molar-refractivity contribution in [2.45, 2.75) is 56.4 Å². The smallest absolute Gasteiger partial charge is 0.271 e. The highest BCUT2D eigenvalue weighted by Crippen LogP contribution is 2.35. The summed E-state index contributed by atoms with van der Waals surface area (Å²) in [6.07, 6.45) is 7.65. The maximum absolute atomic E-state index is 12.5. The third-order valence-electron chi connectivity index (χ3n) is 5.38. The van der Waals surface area contributed by atoms with Crippen LogP contribution in [0.25, 0.3) is 0 Å². The lowest BCUT2D eigenvalue weighted by atomic mass is 9.90. The van der Waals surface area contributed by atoms with E-state index in [2.05, 4.69) is 15.7 Å². The summed E-state index contributed by atoms with van der Waals surface area (Å²) >= 11 is 0. The molecule has 2 N–H and O–H groups in total. The molecule has 1 aromatic rings. The molecule has 1 atom stereocenters. The second-order valence-corrected chi connectivity index (χ2v) is 7.04. The van der Waals surface area contributed by atoms with E-state index in [4.69, 9.17) is 9.47 Å². The van der Waals surface area contributed by atoms with Gasteiger partial charge in [0.2, 0.25) is 0 Å². The standard InChI is InChI=1S/C17H26N4O3/c22-16(15-5-9-21(20-15)14-2-1-8-18-12-14)19-13-3-6-17(7-4-13)23-10-11-24-17/h5,9,13-14,18H,1-4,6-8,10-12H2,(H,19,22). The lowest BCUT2D eigenvalue weighted by molar-refractivity contribution is -0.179. The van der Waals surface area contributed by atoms with Crippen molar-refractivity contribution in [2.24, 2.45) is 0 Å². The van der Waals surface area contributed by atoms with E-state index < -0.39 is 0 Å². The molecule has 1 aliphatic carbocycles. The fourth-order valence-electron chi connectivity index (χ4n) is 3.97. The number of piperidine rings is 1. The number of hydrogen-bond acceptors (Lipinski definition) is 5. The molecule has 3 heterocycles. The lowest BCUT2D eigenvalue weighted by Crippen LogP contribution is -2.44. The summed E-state index contributed by atoms with van der Waals surface area (Å²) in [6.45, 7) is 3.37. The molecule has 132 valence electrons. The molecular weight excluding hydrogens is 308 g/mol. The van der Waals surface area contributed by atoms with Crippen LogP contribution < -0.4 is 10.6 Å². The third kappa shape index (κ3) is 3.34. The van der Waals surface area contributed by atoms with Crippen molar-refractivity contribution in [1.82, 2.24) is 20.4 Å². The van der Waals surface area contributed by atoms with Gasteiger partial charge >= 0.3 is 0 Å². The maximum atomic E-state index is 12.5. The summed E-state index contributed by atoms with van der Waals surface area (Å²) < 4.78 is 13.4. The molecule has 7 heteroatoms. The second kappa shape index (κ2) is 6.82. The van der Waals surface area contributed by atoms with E-state index in [1.165, 1.54) is 0 Å². The molecule has 4 rings (SSSR count). The Balaban J connectivity index is 1.31. The first-order valence-corrected chi connectivity index (χ1v) is 9.09. The summed E-state index contributed by atoms with van der Waals surface area (Å²) in [5.74, 6) is -0.455. The average molecular weight is 334 g/mol. The van der Waals surface area contributed by atoms with Gasteiger partial charge in [-0.15, -0.1) is 0 Å². The van der Waals surface area contributed by atoms with E-state index >= 15 is 0 Å². The zero-order chi connectivity index (χ0) is 16.4. The number of carbonyl (C=O) groups is 1. The van der Waals surface area contributed by atoms with Crippen LogP contribution in [0.5, 0.6) is 0 Å². The highest BCUT2D eigenvalue weighted by molar-refractivity contribution is 5.92. The van der Waals surface area contributed by atoms with Crippen molar-refractivity contribution in [3.05, 3.63) is 18.0 Å². The highest BCUT2D eigenvalue weighted by atomic mass is 16.7. The molecule has 0 bridgehead atoms. The molecule has 1 unspecified atom stereocenters. The predicted molar refractivity (Wildman–Crippen MR) is 87.7 cm³/mol. The normalized spacial score (nSPS) is 27.4. The molecule has 3 fully saturated rings. The molecule has 2 saturated heterocycles. The molecule has 1 amide bonds. The maximum Gasteiger partial charge on any atom is 0.271 e. The highest BCUT2D eigenvalue weighted by Gasteiger charge is 2.40. The van der Waals surface area contributed by atoms with Gasteiger partial charge in [0.1, 0.15) is 5.69 Å². The van der Waals surface area contributed by atoms with Gasteiger partial charge in [-0.25, -0.2) is 0 Å². The topological polar surface area (TPSA) is 77.4 Å². The van der Waals surface area contributed by atoms with Crippen LogP contribution in [0.3, 0.4) is 0 Å². The first-order valence-electron chi connectivity index (χ1n) is 9.09. The van der Waals surface area contributed by atoms with Crippen molar-refractivity contribution in [3.63, 3.8) is 0 Å². The van der Waals surface area contributed by atoms with Crippen LogP contribution in [0, 0.1) is 0 Å². The number of nitrogens with zero attached hydrogens (tertiary/aromatic N) is 2. The number of aromatic nitrogens is 2. The Morgan fingerprint density at radius 3 is 2.79 bits per heavy atom. The lowest BCUT2D eigenvalue weighted by Gasteiger charge is -2.35. The fraction of sp³-hybridized carbons (Fsp3) is 0.765.